The quantitative estimate of drug-likeness (QED) is 0.832. The molecule has 3 N–H and O–H groups in total. The number of nitrogens with one attached hydrogen (secondary N) is 1. The molecular formula is C15H17F3N2S. The number of rotatable bonds is 4. The van der Waals surface area contributed by atoms with E-state index in [4.69, 9.17) is 5.73 Å². The van der Waals surface area contributed by atoms with Crippen LogP contribution >= 0.6 is 11.3 Å². The van der Waals surface area contributed by atoms with E-state index in [9.17, 15) is 13.2 Å². The summed E-state index contributed by atoms with van der Waals surface area (Å²) in [5.41, 5.74) is 7.20. The number of likely N-dealkylation sites (N-methyl/N-ethyl adjacent to an activating group) is 1. The van der Waals surface area contributed by atoms with Gasteiger partial charge in [0.25, 0.3) is 0 Å². The molecule has 0 saturated heterocycles. The summed E-state index contributed by atoms with van der Waals surface area (Å²) in [5, 5.41) is 5.13. The number of benzene rings is 1. The predicted molar refractivity (Wildman–Crippen MR) is 80.4 cm³/mol. The number of hydrogen-bond acceptors (Lipinski definition) is 3. The standard InChI is InChI=1S/C15H17F3N2S/c1-9-5-6-21-14(9)13(20-2)8-10-7-11(15(16,17)18)3-4-12(10)19/h3-7,13,20H,8,19H2,1-2H3. The normalized spacial score (nSPS) is 13.4. The highest BCUT2D eigenvalue weighted by atomic mass is 32.1. The van der Waals surface area contributed by atoms with Gasteiger partial charge in [-0.1, -0.05) is 0 Å². The second-order valence-corrected chi connectivity index (χ2v) is 5.87. The van der Waals surface area contributed by atoms with Crippen molar-refractivity contribution in [2.45, 2.75) is 25.6 Å². The van der Waals surface area contributed by atoms with Gasteiger partial charge in [-0.3, -0.25) is 0 Å². The minimum absolute atomic E-state index is 0.0456. The zero-order valence-electron chi connectivity index (χ0n) is 11.8. The first-order chi connectivity index (χ1) is 9.82. The van der Waals surface area contributed by atoms with E-state index in [0.29, 0.717) is 17.7 Å². The average molecular weight is 314 g/mol. The molecule has 1 atom stereocenters. The van der Waals surface area contributed by atoms with Crippen LogP contribution in [0.5, 0.6) is 0 Å². The Bertz CT molecular complexity index is 620. The minimum atomic E-state index is -4.35. The number of aryl methyl sites for hydroxylation is 1. The van der Waals surface area contributed by atoms with Gasteiger partial charge in [0, 0.05) is 16.6 Å². The molecule has 0 aliphatic carbocycles. The topological polar surface area (TPSA) is 38.0 Å². The van der Waals surface area contributed by atoms with Crippen molar-refractivity contribution >= 4 is 17.0 Å². The molecule has 0 aliphatic rings. The van der Waals surface area contributed by atoms with Crippen molar-refractivity contribution < 1.29 is 13.2 Å². The molecule has 0 saturated carbocycles. The van der Waals surface area contributed by atoms with Crippen LogP contribution in [0.4, 0.5) is 18.9 Å². The monoisotopic (exact) mass is 314 g/mol. The first-order valence-corrected chi connectivity index (χ1v) is 7.37. The number of hydrogen-bond donors (Lipinski definition) is 2. The van der Waals surface area contributed by atoms with Crippen molar-refractivity contribution in [3.63, 3.8) is 0 Å². The van der Waals surface area contributed by atoms with Crippen molar-refractivity contribution in [3.8, 4) is 0 Å². The second kappa shape index (κ2) is 6.07. The van der Waals surface area contributed by atoms with Crippen molar-refractivity contribution in [1.82, 2.24) is 5.32 Å². The molecule has 0 amide bonds. The summed E-state index contributed by atoms with van der Waals surface area (Å²) in [7, 11) is 1.80. The Kier molecular flexibility index (Phi) is 4.58. The fourth-order valence-electron chi connectivity index (χ4n) is 2.25. The maximum absolute atomic E-state index is 12.8. The first-order valence-electron chi connectivity index (χ1n) is 6.49. The second-order valence-electron chi connectivity index (χ2n) is 4.92. The highest BCUT2D eigenvalue weighted by Crippen LogP contribution is 2.33. The summed E-state index contributed by atoms with van der Waals surface area (Å²) in [6, 6.07) is 5.44. The van der Waals surface area contributed by atoms with Crippen LogP contribution in [-0.2, 0) is 12.6 Å². The highest BCUT2D eigenvalue weighted by Gasteiger charge is 2.31. The molecule has 2 rings (SSSR count). The third-order valence-corrected chi connectivity index (χ3v) is 4.59. The van der Waals surface area contributed by atoms with Gasteiger partial charge in [-0.25, -0.2) is 0 Å². The lowest BCUT2D eigenvalue weighted by molar-refractivity contribution is -0.137. The van der Waals surface area contributed by atoms with Gasteiger partial charge in [0.1, 0.15) is 0 Å². The number of anilines is 1. The van der Waals surface area contributed by atoms with Gasteiger partial charge in [0.2, 0.25) is 0 Å². The first kappa shape index (κ1) is 15.9. The van der Waals surface area contributed by atoms with Crippen LogP contribution in [-0.4, -0.2) is 7.05 Å². The van der Waals surface area contributed by atoms with Crippen LogP contribution in [0.2, 0.25) is 0 Å². The molecule has 114 valence electrons. The lowest BCUT2D eigenvalue weighted by Gasteiger charge is -2.18. The molecule has 2 nitrogen and oxygen atoms in total. The molecule has 21 heavy (non-hydrogen) atoms. The van der Waals surface area contributed by atoms with Crippen LogP contribution < -0.4 is 11.1 Å². The van der Waals surface area contributed by atoms with Crippen molar-refractivity contribution in [2.24, 2.45) is 0 Å². The van der Waals surface area contributed by atoms with E-state index >= 15 is 0 Å². The summed E-state index contributed by atoms with van der Waals surface area (Å²) in [6.07, 6.45) is -3.93. The Balaban J connectivity index is 2.31. The summed E-state index contributed by atoms with van der Waals surface area (Å²) in [4.78, 5) is 1.12. The maximum atomic E-state index is 12.8. The molecule has 0 spiro atoms. The molecule has 2 aromatic rings. The Morgan fingerprint density at radius 1 is 1.29 bits per heavy atom. The fourth-order valence-corrected chi connectivity index (χ4v) is 3.28. The number of halogens is 3. The molecule has 0 fully saturated rings. The van der Waals surface area contributed by atoms with E-state index in [0.717, 1.165) is 22.6 Å². The third-order valence-electron chi connectivity index (χ3n) is 3.46. The average Bonchev–Trinajstić information content (AvgIpc) is 2.82. The zero-order chi connectivity index (χ0) is 15.6. The molecular weight excluding hydrogens is 297 g/mol. The number of thiophene rings is 1. The fraction of sp³-hybridized carbons (Fsp3) is 0.333. The lowest BCUT2D eigenvalue weighted by atomic mass is 9.99. The zero-order valence-corrected chi connectivity index (χ0v) is 12.6. The summed E-state index contributed by atoms with van der Waals surface area (Å²) in [6.45, 7) is 1.99. The Morgan fingerprint density at radius 3 is 2.52 bits per heavy atom. The van der Waals surface area contributed by atoms with E-state index in [1.807, 2.05) is 18.4 Å². The predicted octanol–water partition coefficient (Wildman–Crippen LogP) is 4.16. The molecule has 0 aliphatic heterocycles. The molecule has 1 aromatic heterocycles. The maximum Gasteiger partial charge on any atom is 0.416 e. The molecule has 1 aromatic carbocycles. The number of nitrogens with two attached hydrogens (primary N) is 1. The number of alkyl halides is 3. The number of nitrogen functional groups attached to an aromatic ring is 1. The van der Waals surface area contributed by atoms with Gasteiger partial charge >= 0.3 is 6.18 Å². The molecule has 0 radical (unpaired) electrons. The largest absolute Gasteiger partial charge is 0.416 e. The van der Waals surface area contributed by atoms with Gasteiger partial charge in [-0.15, -0.1) is 11.3 Å². The Morgan fingerprint density at radius 2 is 2.00 bits per heavy atom. The lowest BCUT2D eigenvalue weighted by Crippen LogP contribution is -2.19. The summed E-state index contributed by atoms with van der Waals surface area (Å²) in [5.74, 6) is 0. The molecule has 1 unspecified atom stereocenters. The van der Waals surface area contributed by atoms with E-state index < -0.39 is 11.7 Å². The Hall–Kier alpha value is -1.53. The molecule has 0 bridgehead atoms. The van der Waals surface area contributed by atoms with Crippen LogP contribution in [0.15, 0.2) is 29.6 Å². The summed E-state index contributed by atoms with van der Waals surface area (Å²) >= 11 is 1.59. The van der Waals surface area contributed by atoms with Crippen LogP contribution in [0.1, 0.15) is 27.6 Å². The Labute approximate surface area is 125 Å². The van der Waals surface area contributed by atoms with Crippen molar-refractivity contribution in [3.05, 3.63) is 51.2 Å². The highest BCUT2D eigenvalue weighted by molar-refractivity contribution is 7.10. The van der Waals surface area contributed by atoms with Gasteiger partial charge in [-0.05, 0) is 61.2 Å². The van der Waals surface area contributed by atoms with Gasteiger partial charge in [0.15, 0.2) is 0 Å². The van der Waals surface area contributed by atoms with Crippen molar-refractivity contribution in [2.75, 3.05) is 12.8 Å². The van der Waals surface area contributed by atoms with E-state index in [1.165, 1.54) is 6.07 Å². The molecule has 6 heteroatoms. The third kappa shape index (κ3) is 3.57. The van der Waals surface area contributed by atoms with Crippen LogP contribution in [0, 0.1) is 6.92 Å². The van der Waals surface area contributed by atoms with Gasteiger partial charge < -0.3 is 11.1 Å². The van der Waals surface area contributed by atoms with E-state index in [2.05, 4.69) is 5.32 Å². The SMILES string of the molecule is CNC(Cc1cc(C(F)(F)F)ccc1N)c1sccc1C. The van der Waals surface area contributed by atoms with Crippen LogP contribution in [0.25, 0.3) is 0 Å². The van der Waals surface area contributed by atoms with E-state index in [1.54, 1.807) is 18.4 Å². The summed E-state index contributed by atoms with van der Waals surface area (Å²) < 4.78 is 38.4. The van der Waals surface area contributed by atoms with Gasteiger partial charge in [-0.2, -0.15) is 13.2 Å². The minimum Gasteiger partial charge on any atom is -0.399 e. The van der Waals surface area contributed by atoms with Crippen LogP contribution in [0.3, 0.4) is 0 Å². The smallest absolute Gasteiger partial charge is 0.399 e. The van der Waals surface area contributed by atoms with Gasteiger partial charge in [0.05, 0.1) is 5.56 Å². The van der Waals surface area contributed by atoms with Crippen molar-refractivity contribution in [1.29, 1.82) is 0 Å². The van der Waals surface area contributed by atoms with E-state index in [-0.39, 0.29) is 6.04 Å². The molecule has 1 heterocycles.